The number of hydrogen-bond acceptors (Lipinski definition) is 8. The second kappa shape index (κ2) is 15.9. The van der Waals surface area contributed by atoms with Gasteiger partial charge >= 0.3 is 18.0 Å². The molecule has 4 bridgehead atoms. The average Bonchev–Trinajstić information content (AvgIpc) is 3.53. The molecule has 2 heterocycles. The number of aromatic amines is 1. The van der Waals surface area contributed by atoms with Gasteiger partial charge in [-0.2, -0.15) is 0 Å². The zero-order chi connectivity index (χ0) is 37.0. The van der Waals surface area contributed by atoms with Crippen molar-refractivity contribution in [3.63, 3.8) is 0 Å². The molecule has 11 nitrogen and oxygen atoms in total. The van der Waals surface area contributed by atoms with Crippen molar-refractivity contribution >= 4 is 34.8 Å². The molecule has 2 amide bonds. The molecule has 3 N–H and O–H groups in total. The normalized spacial score (nSPS) is 24.5. The van der Waals surface area contributed by atoms with E-state index in [1.165, 1.54) is 6.42 Å². The van der Waals surface area contributed by atoms with Gasteiger partial charge in [-0.25, -0.2) is 9.59 Å². The van der Waals surface area contributed by atoms with Crippen molar-refractivity contribution in [2.24, 2.45) is 23.7 Å². The van der Waals surface area contributed by atoms with Gasteiger partial charge in [0.05, 0.1) is 12.0 Å². The van der Waals surface area contributed by atoms with Gasteiger partial charge in [0.15, 0.2) is 0 Å². The lowest BCUT2D eigenvalue weighted by Gasteiger charge is -2.53. The van der Waals surface area contributed by atoms with E-state index in [0.717, 1.165) is 59.5 Å². The van der Waals surface area contributed by atoms with Crippen LogP contribution in [0.25, 0.3) is 10.9 Å². The van der Waals surface area contributed by atoms with Crippen molar-refractivity contribution < 1.29 is 33.4 Å². The van der Waals surface area contributed by atoms with Crippen LogP contribution in [0.15, 0.2) is 84.8 Å². The number of rotatable bonds is 14. The maximum atomic E-state index is 14.5. The van der Waals surface area contributed by atoms with Gasteiger partial charge in [0.25, 0.3) is 0 Å². The van der Waals surface area contributed by atoms with E-state index in [1.807, 2.05) is 80.1 Å². The monoisotopic (exact) mass is 722 g/mol. The Bertz CT molecular complexity index is 1840. The van der Waals surface area contributed by atoms with E-state index < -0.39 is 35.5 Å². The number of carbonyl (C=O) groups is 4. The molecule has 2 atom stereocenters. The molecule has 0 spiro atoms. The molecule has 4 saturated carbocycles. The van der Waals surface area contributed by atoms with E-state index in [2.05, 4.69) is 15.6 Å². The topological polar surface area (TPSA) is 139 Å². The number of nitrogens with zero attached hydrogens (tertiary/aromatic N) is 1. The van der Waals surface area contributed by atoms with Crippen molar-refractivity contribution in [3.8, 4) is 0 Å². The molecule has 0 radical (unpaired) electrons. The Morgan fingerprint density at radius 3 is 2.36 bits per heavy atom. The average molecular weight is 723 g/mol. The van der Waals surface area contributed by atoms with Gasteiger partial charge in [-0.05, 0) is 92.5 Å². The summed E-state index contributed by atoms with van der Waals surface area (Å²) < 4.78 is 17.0. The summed E-state index contributed by atoms with van der Waals surface area (Å²) in [4.78, 5) is 58.9. The van der Waals surface area contributed by atoms with Crippen LogP contribution in [0.5, 0.6) is 0 Å². The molecular formula is C42H50N4O7. The van der Waals surface area contributed by atoms with E-state index in [1.54, 1.807) is 18.0 Å². The fourth-order valence-electron chi connectivity index (χ4n) is 9.17. The fourth-order valence-corrected chi connectivity index (χ4v) is 9.17. The summed E-state index contributed by atoms with van der Waals surface area (Å²) in [6.45, 7) is 1.50. The molecule has 4 fully saturated rings. The maximum Gasteiger partial charge on any atom is 0.408 e. The van der Waals surface area contributed by atoms with Crippen molar-refractivity contribution in [2.45, 2.75) is 82.4 Å². The number of amides is 2. The summed E-state index contributed by atoms with van der Waals surface area (Å²) in [5.41, 5.74) is 1.81. The summed E-state index contributed by atoms with van der Waals surface area (Å²) in [5, 5.41) is 7.04. The van der Waals surface area contributed by atoms with Crippen LogP contribution in [0.4, 0.5) is 4.79 Å². The Balaban J connectivity index is 1.03. The summed E-state index contributed by atoms with van der Waals surface area (Å²) in [6.07, 6.45) is 13.2. The second-order valence-corrected chi connectivity index (χ2v) is 15.6. The van der Waals surface area contributed by atoms with Crippen LogP contribution in [0.2, 0.25) is 0 Å². The molecule has 53 heavy (non-hydrogen) atoms. The van der Waals surface area contributed by atoms with E-state index in [4.69, 9.17) is 14.2 Å². The third-order valence-corrected chi connectivity index (χ3v) is 11.4. The van der Waals surface area contributed by atoms with Gasteiger partial charge in [-0.1, -0.05) is 54.6 Å². The first-order valence-corrected chi connectivity index (χ1v) is 18.9. The molecule has 4 aliphatic carbocycles. The van der Waals surface area contributed by atoms with Crippen molar-refractivity contribution in [1.29, 1.82) is 0 Å². The number of esters is 2. The second-order valence-electron chi connectivity index (χ2n) is 15.6. The number of nitrogens with one attached hydrogen (secondary N) is 3. The van der Waals surface area contributed by atoms with Crippen LogP contribution in [0.3, 0.4) is 0 Å². The molecule has 8 rings (SSSR count). The van der Waals surface area contributed by atoms with Gasteiger partial charge < -0.3 is 34.7 Å². The number of ether oxygens (including phenoxy) is 3. The third-order valence-electron chi connectivity index (χ3n) is 11.4. The Morgan fingerprint density at radius 1 is 0.925 bits per heavy atom. The number of alkyl carbamates (subject to hydrolysis) is 1. The third kappa shape index (κ3) is 8.77. The first-order valence-electron chi connectivity index (χ1n) is 18.9. The summed E-state index contributed by atoms with van der Waals surface area (Å²) >= 11 is 0. The molecule has 2 aromatic carbocycles. The number of benzene rings is 2. The molecule has 3 aromatic rings. The highest BCUT2D eigenvalue weighted by Gasteiger charge is 2.50. The lowest BCUT2D eigenvalue weighted by atomic mass is 9.55. The maximum absolute atomic E-state index is 14.5. The first kappa shape index (κ1) is 36.3. The number of fused-ring (bicyclic) bond motifs is 1. The van der Waals surface area contributed by atoms with E-state index >= 15 is 0 Å². The number of aromatic nitrogens is 1. The lowest BCUT2D eigenvalue weighted by Crippen LogP contribution is -2.61. The highest BCUT2D eigenvalue weighted by molar-refractivity contribution is 5.92. The minimum Gasteiger partial charge on any atom is -0.462 e. The van der Waals surface area contributed by atoms with Crippen LogP contribution in [0.1, 0.15) is 63.0 Å². The summed E-state index contributed by atoms with van der Waals surface area (Å²) in [6, 6.07) is 16.8. The molecular weight excluding hydrogens is 672 g/mol. The van der Waals surface area contributed by atoms with Gasteiger partial charge in [0, 0.05) is 49.2 Å². The number of H-pyrrole nitrogens is 1. The van der Waals surface area contributed by atoms with Crippen molar-refractivity contribution in [1.82, 2.24) is 20.5 Å². The predicted molar refractivity (Wildman–Crippen MR) is 199 cm³/mol. The zero-order valence-corrected chi connectivity index (χ0v) is 30.6. The number of hydrogen-bond donors (Lipinski definition) is 3. The minimum absolute atomic E-state index is 0.0935. The summed E-state index contributed by atoms with van der Waals surface area (Å²) in [5.74, 6) is 0.774. The Morgan fingerprint density at radius 2 is 1.62 bits per heavy atom. The number of allylic oxidation sites excluding steroid dienone is 1. The SMILES string of the molecule is CN1C=CCC(C(=O)OCCOC(=O)CC(Cc2ccccc2)NC(=O)C(C)(Cc2c[nH]c3ccccc23)NC(=O)OC2C3CC4CC(C3)CC2C4)=C1. The molecule has 1 aliphatic heterocycles. The van der Waals surface area contributed by atoms with Crippen LogP contribution in [-0.4, -0.2) is 71.8 Å². The highest BCUT2D eigenvalue weighted by Crippen LogP contribution is 2.54. The summed E-state index contributed by atoms with van der Waals surface area (Å²) in [7, 11) is 1.82. The molecule has 1 aromatic heterocycles. The molecule has 5 aliphatic rings. The molecule has 280 valence electrons. The molecule has 2 unspecified atom stereocenters. The Hall–Kier alpha value is -5.06. The lowest BCUT2D eigenvalue weighted by molar-refractivity contribution is -0.150. The quantitative estimate of drug-likeness (QED) is 0.105. The van der Waals surface area contributed by atoms with Crippen LogP contribution in [-0.2, 0) is 41.4 Å². The van der Waals surface area contributed by atoms with Gasteiger partial charge in [-0.15, -0.1) is 0 Å². The number of para-hydroxylation sites is 1. The predicted octanol–water partition coefficient (Wildman–Crippen LogP) is 5.96. The largest absolute Gasteiger partial charge is 0.462 e. The van der Waals surface area contributed by atoms with Gasteiger partial charge in [0.2, 0.25) is 5.91 Å². The van der Waals surface area contributed by atoms with E-state index in [9.17, 15) is 19.2 Å². The van der Waals surface area contributed by atoms with Gasteiger partial charge in [-0.3, -0.25) is 9.59 Å². The standard InChI is InChI=1S/C42H50N4O7/c1-42(24-33-25-43-36-13-7-6-12-35(33)36,45-41(50)53-38-31-18-28-17-29(20-31)21-32(38)19-28)40(49)44-34(22-27-9-4-3-5-10-27)23-37(47)51-15-16-52-39(48)30-11-8-14-46(2)26-30/h3-10,12-14,25-26,28-29,31-32,34,38,43H,11,15-24H2,1-2H3,(H,44,49)(H,45,50). The van der Waals surface area contributed by atoms with Crippen molar-refractivity contribution in [3.05, 3.63) is 96.0 Å². The molecule has 11 heteroatoms. The molecule has 0 saturated heterocycles. The smallest absolute Gasteiger partial charge is 0.408 e. The van der Waals surface area contributed by atoms with Crippen LogP contribution >= 0.6 is 0 Å². The minimum atomic E-state index is -1.42. The van der Waals surface area contributed by atoms with E-state index in [0.29, 0.717) is 30.3 Å². The highest BCUT2D eigenvalue weighted by atomic mass is 16.6. The number of carbonyl (C=O) groups excluding carboxylic acids is 4. The Labute approximate surface area is 310 Å². The zero-order valence-electron chi connectivity index (χ0n) is 30.6. The first-order chi connectivity index (χ1) is 25.6. The fraction of sp³-hybridized carbons (Fsp3) is 0.476. The van der Waals surface area contributed by atoms with Gasteiger partial charge in [0.1, 0.15) is 24.9 Å². The van der Waals surface area contributed by atoms with Crippen molar-refractivity contribution in [2.75, 3.05) is 20.3 Å². The Kier molecular flexibility index (Phi) is 10.9. The van der Waals surface area contributed by atoms with Crippen LogP contribution < -0.4 is 10.6 Å². The van der Waals surface area contributed by atoms with E-state index in [-0.39, 0.29) is 32.2 Å². The van der Waals surface area contributed by atoms with Crippen LogP contribution in [0, 0.1) is 23.7 Å².